The van der Waals surface area contributed by atoms with Crippen molar-refractivity contribution in [2.45, 2.75) is 26.2 Å². The predicted octanol–water partition coefficient (Wildman–Crippen LogP) is 4.60. The summed E-state index contributed by atoms with van der Waals surface area (Å²) >= 11 is 12.3. The molecule has 9 heteroatoms. The smallest absolute Gasteiger partial charge is 0.241 e. The Balaban J connectivity index is 1.44. The van der Waals surface area contributed by atoms with Crippen molar-refractivity contribution in [3.05, 3.63) is 70.2 Å². The van der Waals surface area contributed by atoms with Crippen LogP contribution in [0, 0.1) is 24.7 Å². The minimum Gasteiger partial charge on any atom is -0.312 e. The number of benzene rings is 2. The maximum absolute atomic E-state index is 13.9. The second kappa shape index (κ2) is 9.71. The number of aryl methyl sites for hydroxylation is 1. The lowest BCUT2D eigenvalue weighted by atomic mass is 9.85. The Bertz CT molecular complexity index is 1250. The molecule has 7 nitrogen and oxygen atoms in total. The van der Waals surface area contributed by atoms with E-state index in [-0.39, 0.29) is 24.4 Å². The Morgan fingerprint density at radius 2 is 1.58 bits per heavy atom. The second-order valence-corrected chi connectivity index (χ2v) is 10.3. The molecule has 0 saturated carbocycles. The average molecular weight is 526 g/mol. The number of carbonyl (C=O) groups excluding carboxylic acids is 4. The van der Waals surface area contributed by atoms with Gasteiger partial charge in [0.25, 0.3) is 0 Å². The van der Waals surface area contributed by atoms with E-state index in [2.05, 4.69) is 0 Å². The Hall–Kier alpha value is -3.16. The van der Waals surface area contributed by atoms with Gasteiger partial charge in [0.15, 0.2) is 0 Å². The van der Waals surface area contributed by atoms with Crippen LogP contribution in [0.1, 0.15) is 24.8 Å². The number of imide groups is 1. The van der Waals surface area contributed by atoms with Gasteiger partial charge in [0, 0.05) is 28.0 Å². The Kier molecular flexibility index (Phi) is 6.62. The summed E-state index contributed by atoms with van der Waals surface area (Å²) in [6.45, 7) is 1.96. The number of anilines is 2. The molecule has 1 aliphatic carbocycles. The van der Waals surface area contributed by atoms with E-state index in [4.69, 9.17) is 23.2 Å². The first-order chi connectivity index (χ1) is 17.3. The average Bonchev–Trinajstić information content (AvgIpc) is 3.37. The number of likely N-dealkylation sites (tertiary alicyclic amines) is 1. The van der Waals surface area contributed by atoms with Gasteiger partial charge in [-0.3, -0.25) is 29.0 Å². The Labute approximate surface area is 219 Å². The maximum atomic E-state index is 13.9. The van der Waals surface area contributed by atoms with Crippen LogP contribution in [0.5, 0.6) is 0 Å². The Morgan fingerprint density at radius 3 is 2.19 bits per heavy atom. The number of hydrogen-bond donors (Lipinski definition) is 0. The number of allylic oxidation sites excluding steroid dienone is 2. The summed E-state index contributed by atoms with van der Waals surface area (Å²) in [6, 6.07) is 12.0. The standard InChI is InChI=1S/C27H25Cl2N3O4/c1-16-6-9-19(14-23(16)29)31(15-32-24(33)20-4-2-3-5-21(20)25(32)34)27(36)22-12-13-30(26(22)35)18-10-7-17(28)8-11-18/h2-3,6-11,14,20-22H,4-5,12-13,15H2,1H3/t20-,21-,22-/m1/s1. The van der Waals surface area contributed by atoms with Gasteiger partial charge in [-0.25, -0.2) is 0 Å². The molecule has 4 amide bonds. The molecule has 2 heterocycles. The molecule has 2 saturated heterocycles. The van der Waals surface area contributed by atoms with Gasteiger partial charge in [-0.05, 0) is 68.1 Å². The fourth-order valence-corrected chi connectivity index (χ4v) is 5.45. The van der Waals surface area contributed by atoms with Crippen LogP contribution < -0.4 is 9.80 Å². The molecule has 2 aromatic carbocycles. The third-order valence-electron chi connectivity index (χ3n) is 7.26. The fourth-order valence-electron chi connectivity index (χ4n) is 5.15. The topological polar surface area (TPSA) is 78.0 Å². The van der Waals surface area contributed by atoms with Crippen molar-refractivity contribution in [1.29, 1.82) is 0 Å². The molecule has 0 bridgehead atoms. The largest absolute Gasteiger partial charge is 0.312 e. The van der Waals surface area contributed by atoms with Gasteiger partial charge in [0.05, 0.1) is 11.8 Å². The zero-order valence-electron chi connectivity index (χ0n) is 19.7. The monoisotopic (exact) mass is 525 g/mol. The molecule has 0 radical (unpaired) electrons. The summed E-state index contributed by atoms with van der Waals surface area (Å²) in [4.78, 5) is 57.5. The van der Waals surface area contributed by atoms with E-state index in [1.54, 1.807) is 47.4 Å². The molecular formula is C27H25Cl2N3O4. The molecule has 3 atom stereocenters. The number of nitrogens with zero attached hydrogens (tertiary/aromatic N) is 3. The normalized spacial score (nSPS) is 23.4. The first-order valence-corrected chi connectivity index (χ1v) is 12.7. The highest BCUT2D eigenvalue weighted by atomic mass is 35.5. The Morgan fingerprint density at radius 1 is 0.944 bits per heavy atom. The van der Waals surface area contributed by atoms with Gasteiger partial charge in [-0.2, -0.15) is 0 Å². The molecule has 0 aromatic heterocycles. The van der Waals surface area contributed by atoms with Crippen molar-refractivity contribution in [2.75, 3.05) is 23.0 Å². The molecule has 186 valence electrons. The van der Waals surface area contributed by atoms with Crippen molar-refractivity contribution in [1.82, 2.24) is 4.90 Å². The summed E-state index contributed by atoms with van der Waals surface area (Å²) in [7, 11) is 0. The zero-order chi connectivity index (χ0) is 25.6. The molecule has 2 fully saturated rings. The van der Waals surface area contributed by atoms with Crippen LogP contribution in [0.25, 0.3) is 0 Å². The van der Waals surface area contributed by atoms with E-state index in [0.717, 1.165) is 10.5 Å². The van der Waals surface area contributed by atoms with Gasteiger partial charge in [-0.1, -0.05) is 41.4 Å². The highest BCUT2D eigenvalue weighted by molar-refractivity contribution is 6.31. The minimum absolute atomic E-state index is 0.256. The quantitative estimate of drug-likeness (QED) is 0.324. The van der Waals surface area contributed by atoms with Crippen LogP contribution in [0.2, 0.25) is 10.0 Å². The van der Waals surface area contributed by atoms with Gasteiger partial charge < -0.3 is 4.90 Å². The first-order valence-electron chi connectivity index (χ1n) is 11.9. The van der Waals surface area contributed by atoms with Crippen LogP contribution >= 0.6 is 23.2 Å². The SMILES string of the molecule is Cc1ccc(N(CN2C(=O)[C@@H]3CC=CC[C@H]3C2=O)C(=O)[C@@H]2CCN(c3ccc(Cl)cc3)C2=O)cc1Cl. The minimum atomic E-state index is -0.947. The predicted molar refractivity (Wildman–Crippen MR) is 138 cm³/mol. The first kappa shape index (κ1) is 24.5. The highest BCUT2D eigenvalue weighted by Crippen LogP contribution is 2.36. The van der Waals surface area contributed by atoms with Crippen molar-refractivity contribution in [2.24, 2.45) is 17.8 Å². The van der Waals surface area contributed by atoms with Crippen LogP contribution in [0.4, 0.5) is 11.4 Å². The van der Waals surface area contributed by atoms with Crippen molar-refractivity contribution >= 4 is 58.2 Å². The van der Waals surface area contributed by atoms with E-state index in [0.29, 0.717) is 47.2 Å². The summed E-state index contributed by atoms with van der Waals surface area (Å²) < 4.78 is 0. The van der Waals surface area contributed by atoms with E-state index >= 15 is 0 Å². The lowest BCUT2D eigenvalue weighted by Crippen LogP contribution is -2.48. The summed E-state index contributed by atoms with van der Waals surface area (Å²) in [5, 5.41) is 0.999. The number of rotatable bonds is 5. The van der Waals surface area contributed by atoms with Crippen LogP contribution in [-0.4, -0.2) is 41.7 Å². The fraction of sp³-hybridized carbons (Fsp3) is 0.333. The summed E-state index contributed by atoms with van der Waals surface area (Å²) in [5.41, 5.74) is 1.91. The van der Waals surface area contributed by atoms with Crippen LogP contribution in [-0.2, 0) is 19.2 Å². The molecule has 2 aromatic rings. The van der Waals surface area contributed by atoms with Crippen LogP contribution in [0.15, 0.2) is 54.6 Å². The number of halogens is 2. The number of fused-ring (bicyclic) bond motifs is 1. The van der Waals surface area contributed by atoms with Gasteiger partial charge in [-0.15, -0.1) is 0 Å². The molecule has 0 unspecified atom stereocenters. The van der Waals surface area contributed by atoms with Gasteiger partial charge >= 0.3 is 0 Å². The van der Waals surface area contributed by atoms with Gasteiger partial charge in [0.1, 0.15) is 12.6 Å². The number of carbonyl (C=O) groups is 4. The zero-order valence-corrected chi connectivity index (χ0v) is 21.2. The maximum Gasteiger partial charge on any atom is 0.241 e. The lowest BCUT2D eigenvalue weighted by Gasteiger charge is -2.29. The molecule has 3 aliphatic rings. The lowest BCUT2D eigenvalue weighted by molar-refractivity contribution is -0.140. The van der Waals surface area contributed by atoms with E-state index in [9.17, 15) is 19.2 Å². The third-order valence-corrected chi connectivity index (χ3v) is 7.92. The number of amides is 4. The molecule has 0 N–H and O–H groups in total. The van der Waals surface area contributed by atoms with Crippen molar-refractivity contribution in [3.8, 4) is 0 Å². The molecular weight excluding hydrogens is 501 g/mol. The van der Waals surface area contributed by atoms with Crippen LogP contribution in [0.3, 0.4) is 0 Å². The van der Waals surface area contributed by atoms with E-state index < -0.39 is 23.7 Å². The van der Waals surface area contributed by atoms with E-state index in [1.165, 1.54) is 4.90 Å². The van der Waals surface area contributed by atoms with Crippen molar-refractivity contribution in [3.63, 3.8) is 0 Å². The van der Waals surface area contributed by atoms with Crippen molar-refractivity contribution < 1.29 is 19.2 Å². The highest BCUT2D eigenvalue weighted by Gasteiger charge is 2.49. The molecule has 5 rings (SSSR count). The third kappa shape index (κ3) is 4.31. The van der Waals surface area contributed by atoms with Gasteiger partial charge in [0.2, 0.25) is 23.6 Å². The molecule has 36 heavy (non-hydrogen) atoms. The number of hydrogen-bond acceptors (Lipinski definition) is 4. The summed E-state index contributed by atoms with van der Waals surface area (Å²) in [5.74, 6) is -3.13. The van der Waals surface area contributed by atoms with E-state index in [1.807, 2.05) is 19.1 Å². The molecule has 0 spiro atoms. The second-order valence-electron chi connectivity index (χ2n) is 9.41. The summed E-state index contributed by atoms with van der Waals surface area (Å²) in [6.07, 6.45) is 5.16. The molecule has 2 aliphatic heterocycles.